The Hall–Kier alpha value is -1.35. The van der Waals surface area contributed by atoms with E-state index in [0.29, 0.717) is 0 Å². The van der Waals surface area contributed by atoms with Crippen molar-refractivity contribution in [1.29, 1.82) is 0 Å². The summed E-state index contributed by atoms with van der Waals surface area (Å²) in [6.45, 7) is 2.70. The molecule has 2 atom stereocenters. The van der Waals surface area contributed by atoms with Crippen LogP contribution in [0, 0.1) is 0 Å². The molecule has 0 aromatic heterocycles. The lowest BCUT2D eigenvalue weighted by atomic mass is 9.89. The first-order valence-electron chi connectivity index (χ1n) is 4.86. The minimum atomic E-state index is -0.350. The monoisotopic (exact) mass is 190 g/mol. The largest absolute Gasteiger partial charge is 0.332 e. The third kappa shape index (κ3) is 1.21. The van der Waals surface area contributed by atoms with Crippen LogP contribution in [-0.2, 0) is 4.79 Å². The van der Waals surface area contributed by atoms with Crippen LogP contribution < -0.4 is 5.73 Å². The average Bonchev–Trinajstić information content (AvgIpc) is 2.25. The Morgan fingerprint density at radius 2 is 2.00 bits per heavy atom. The molecule has 0 unspecified atom stereocenters. The predicted octanol–water partition coefficient (Wildman–Crippen LogP) is 0.917. The number of rotatable bonds is 2. The van der Waals surface area contributed by atoms with E-state index in [2.05, 4.69) is 0 Å². The van der Waals surface area contributed by atoms with E-state index >= 15 is 0 Å². The molecule has 1 aliphatic rings. The molecule has 2 N–H and O–H groups in total. The molecule has 3 nitrogen and oxygen atoms in total. The van der Waals surface area contributed by atoms with Crippen LogP contribution in [0.2, 0.25) is 0 Å². The van der Waals surface area contributed by atoms with Gasteiger partial charge in [0.1, 0.15) is 6.04 Å². The van der Waals surface area contributed by atoms with Crippen LogP contribution in [-0.4, -0.2) is 23.4 Å². The van der Waals surface area contributed by atoms with Gasteiger partial charge >= 0.3 is 0 Å². The molecule has 0 spiro atoms. The molecule has 14 heavy (non-hydrogen) atoms. The number of carbonyl (C=O) groups is 1. The maximum Gasteiger partial charge on any atom is 0.242 e. The number of likely N-dealkylation sites (N-methyl/N-ethyl adjacent to an activating group) is 1. The number of nitrogens with zero attached hydrogens (tertiary/aromatic N) is 1. The number of likely N-dealkylation sites (tertiary alicyclic amines) is 1. The van der Waals surface area contributed by atoms with Gasteiger partial charge in [0, 0.05) is 6.54 Å². The van der Waals surface area contributed by atoms with Crippen molar-refractivity contribution >= 4 is 5.91 Å². The Labute approximate surface area is 83.5 Å². The fourth-order valence-electron chi connectivity index (χ4n) is 1.97. The second-order valence-electron chi connectivity index (χ2n) is 3.51. The van der Waals surface area contributed by atoms with Crippen molar-refractivity contribution in [2.75, 3.05) is 6.54 Å². The number of hydrogen-bond donors (Lipinski definition) is 1. The van der Waals surface area contributed by atoms with E-state index < -0.39 is 0 Å². The molecule has 0 aliphatic carbocycles. The molecule has 1 aromatic carbocycles. The van der Waals surface area contributed by atoms with Crippen molar-refractivity contribution in [3.8, 4) is 0 Å². The van der Waals surface area contributed by atoms with Crippen molar-refractivity contribution in [2.45, 2.75) is 19.0 Å². The number of nitrogens with two attached hydrogens (primary N) is 1. The predicted molar refractivity (Wildman–Crippen MR) is 54.5 cm³/mol. The first-order valence-corrected chi connectivity index (χ1v) is 4.86. The first-order chi connectivity index (χ1) is 6.75. The van der Waals surface area contributed by atoms with Gasteiger partial charge in [-0.05, 0) is 12.5 Å². The molecule has 1 saturated heterocycles. The Kier molecular flexibility index (Phi) is 2.25. The van der Waals surface area contributed by atoms with Crippen LogP contribution in [0.1, 0.15) is 18.5 Å². The van der Waals surface area contributed by atoms with Gasteiger partial charge < -0.3 is 10.6 Å². The summed E-state index contributed by atoms with van der Waals surface area (Å²) in [5.74, 6) is 0.0568. The fraction of sp³-hybridized carbons (Fsp3) is 0.364. The van der Waals surface area contributed by atoms with Crippen LogP contribution in [0.15, 0.2) is 30.3 Å². The number of hydrogen-bond acceptors (Lipinski definition) is 2. The molecular weight excluding hydrogens is 176 g/mol. The summed E-state index contributed by atoms with van der Waals surface area (Å²) in [6, 6.07) is 9.66. The summed E-state index contributed by atoms with van der Waals surface area (Å²) in [4.78, 5) is 13.2. The Bertz CT molecular complexity index is 336. The van der Waals surface area contributed by atoms with E-state index in [4.69, 9.17) is 5.73 Å². The van der Waals surface area contributed by atoms with Gasteiger partial charge in [-0.25, -0.2) is 0 Å². The van der Waals surface area contributed by atoms with Gasteiger partial charge in [-0.2, -0.15) is 0 Å². The third-order valence-corrected chi connectivity index (χ3v) is 2.73. The van der Waals surface area contributed by atoms with E-state index in [1.54, 1.807) is 4.90 Å². The van der Waals surface area contributed by atoms with Crippen LogP contribution in [0.25, 0.3) is 0 Å². The summed E-state index contributed by atoms with van der Waals surface area (Å²) in [5.41, 5.74) is 6.90. The summed E-state index contributed by atoms with van der Waals surface area (Å²) >= 11 is 0. The number of benzene rings is 1. The van der Waals surface area contributed by atoms with Crippen LogP contribution in [0.5, 0.6) is 0 Å². The van der Waals surface area contributed by atoms with Crippen LogP contribution in [0.3, 0.4) is 0 Å². The van der Waals surface area contributed by atoms with Gasteiger partial charge in [-0.15, -0.1) is 0 Å². The highest BCUT2D eigenvalue weighted by atomic mass is 16.2. The zero-order valence-corrected chi connectivity index (χ0v) is 8.18. The summed E-state index contributed by atoms with van der Waals surface area (Å²) in [6.07, 6.45) is 0. The third-order valence-electron chi connectivity index (χ3n) is 2.73. The highest BCUT2D eigenvalue weighted by Crippen LogP contribution is 2.32. The normalized spacial score (nSPS) is 26.1. The molecule has 1 amide bonds. The number of carbonyl (C=O) groups excluding carboxylic acids is 1. The molecule has 1 aromatic rings. The number of β-lactam (4-membered cyclic amide) rings is 1. The van der Waals surface area contributed by atoms with E-state index in [9.17, 15) is 4.79 Å². The second kappa shape index (κ2) is 3.42. The molecule has 3 heteroatoms. The molecule has 0 saturated carbocycles. The molecule has 1 fully saturated rings. The summed E-state index contributed by atoms with van der Waals surface area (Å²) < 4.78 is 0. The molecule has 1 aliphatic heterocycles. The van der Waals surface area contributed by atoms with Crippen LogP contribution in [0.4, 0.5) is 0 Å². The molecule has 2 rings (SSSR count). The van der Waals surface area contributed by atoms with Crippen molar-refractivity contribution in [3.63, 3.8) is 0 Å². The van der Waals surface area contributed by atoms with Gasteiger partial charge in [-0.3, -0.25) is 4.79 Å². The smallest absolute Gasteiger partial charge is 0.242 e. The topological polar surface area (TPSA) is 46.3 Å². The average molecular weight is 190 g/mol. The maximum atomic E-state index is 11.4. The van der Waals surface area contributed by atoms with Crippen LogP contribution >= 0.6 is 0 Å². The van der Waals surface area contributed by atoms with Crippen molar-refractivity contribution in [1.82, 2.24) is 4.90 Å². The van der Waals surface area contributed by atoms with Gasteiger partial charge in [0.25, 0.3) is 0 Å². The van der Waals surface area contributed by atoms with E-state index in [0.717, 1.165) is 12.1 Å². The molecule has 74 valence electrons. The molecule has 0 radical (unpaired) electrons. The van der Waals surface area contributed by atoms with E-state index in [1.165, 1.54) is 0 Å². The Morgan fingerprint density at radius 3 is 2.57 bits per heavy atom. The zero-order valence-electron chi connectivity index (χ0n) is 8.18. The lowest BCUT2D eigenvalue weighted by Gasteiger charge is -2.45. The van der Waals surface area contributed by atoms with Gasteiger partial charge in [0.2, 0.25) is 5.91 Å². The van der Waals surface area contributed by atoms with E-state index in [-0.39, 0.29) is 18.0 Å². The quantitative estimate of drug-likeness (QED) is 0.705. The maximum absolute atomic E-state index is 11.4. The standard InChI is InChI=1S/C11H14N2O/c1-2-13-10(9(12)11(13)14)8-6-4-3-5-7-8/h3-7,9-10H,2,12H2,1H3/t9-,10-/m1/s1. The summed E-state index contributed by atoms with van der Waals surface area (Å²) in [7, 11) is 0. The Balaban J connectivity index is 2.23. The molecular formula is C11H14N2O. The lowest BCUT2D eigenvalue weighted by molar-refractivity contribution is -0.149. The Morgan fingerprint density at radius 1 is 1.36 bits per heavy atom. The van der Waals surface area contributed by atoms with Gasteiger partial charge in [0.15, 0.2) is 0 Å². The first kappa shape index (κ1) is 9.21. The van der Waals surface area contributed by atoms with Gasteiger partial charge in [0.05, 0.1) is 6.04 Å². The van der Waals surface area contributed by atoms with Crippen molar-refractivity contribution in [2.24, 2.45) is 5.73 Å². The number of amides is 1. The van der Waals surface area contributed by atoms with E-state index in [1.807, 2.05) is 37.3 Å². The lowest BCUT2D eigenvalue weighted by Crippen LogP contribution is -2.62. The van der Waals surface area contributed by atoms with Crippen molar-refractivity contribution in [3.05, 3.63) is 35.9 Å². The zero-order chi connectivity index (χ0) is 10.1. The molecule has 0 bridgehead atoms. The highest BCUT2D eigenvalue weighted by Gasteiger charge is 2.44. The minimum Gasteiger partial charge on any atom is -0.332 e. The second-order valence-corrected chi connectivity index (χ2v) is 3.51. The van der Waals surface area contributed by atoms with Gasteiger partial charge in [-0.1, -0.05) is 30.3 Å². The van der Waals surface area contributed by atoms with Crippen molar-refractivity contribution < 1.29 is 4.79 Å². The SMILES string of the molecule is CCN1C(=O)[C@H](N)[C@H]1c1ccccc1. The highest BCUT2D eigenvalue weighted by molar-refractivity contribution is 5.89. The minimum absolute atomic E-state index is 0.0568. The summed E-state index contributed by atoms with van der Waals surface area (Å²) in [5, 5.41) is 0. The fourth-order valence-corrected chi connectivity index (χ4v) is 1.97. The molecule has 1 heterocycles.